The minimum atomic E-state index is 0.112. The lowest BCUT2D eigenvalue weighted by molar-refractivity contribution is 0.0128. The van der Waals surface area contributed by atoms with Gasteiger partial charge in [0.2, 0.25) is 0 Å². The molecule has 2 heteroatoms. The van der Waals surface area contributed by atoms with Crippen molar-refractivity contribution in [2.45, 2.75) is 64.6 Å². The van der Waals surface area contributed by atoms with E-state index >= 15 is 0 Å². The summed E-state index contributed by atoms with van der Waals surface area (Å²) in [7, 11) is 0. The number of nitrogens with zero attached hydrogens (tertiary/aromatic N) is 1. The van der Waals surface area contributed by atoms with Gasteiger partial charge in [-0.3, -0.25) is 4.90 Å². The van der Waals surface area contributed by atoms with Crippen LogP contribution in [0, 0.1) is 0 Å². The normalized spacial score (nSPS) is 29.3. The van der Waals surface area contributed by atoms with Crippen molar-refractivity contribution < 1.29 is 0 Å². The highest BCUT2D eigenvalue weighted by Crippen LogP contribution is 2.33. The van der Waals surface area contributed by atoms with Gasteiger partial charge < -0.3 is 5.32 Å². The van der Waals surface area contributed by atoms with Crippen molar-refractivity contribution >= 4 is 0 Å². The molecule has 2 rings (SSSR count). The molecule has 1 saturated heterocycles. The van der Waals surface area contributed by atoms with E-state index in [1.54, 1.807) is 0 Å². The van der Waals surface area contributed by atoms with E-state index in [0.29, 0.717) is 12.1 Å². The van der Waals surface area contributed by atoms with E-state index < -0.39 is 0 Å². The maximum absolute atomic E-state index is 3.78. The van der Waals surface area contributed by atoms with E-state index in [-0.39, 0.29) is 5.54 Å². The Morgan fingerprint density at radius 2 is 2.00 bits per heavy atom. The highest BCUT2D eigenvalue weighted by molar-refractivity contribution is 5.25. The van der Waals surface area contributed by atoms with Crippen molar-refractivity contribution in [1.82, 2.24) is 10.2 Å². The molecule has 3 unspecified atom stereocenters. The van der Waals surface area contributed by atoms with Crippen LogP contribution in [-0.2, 0) is 5.54 Å². The Morgan fingerprint density at radius 3 is 2.60 bits per heavy atom. The number of benzene rings is 1. The zero-order valence-corrected chi connectivity index (χ0v) is 13.5. The molecule has 1 aliphatic rings. The molecule has 2 nitrogen and oxygen atoms in total. The van der Waals surface area contributed by atoms with Crippen LogP contribution in [0.3, 0.4) is 0 Å². The molecule has 1 aromatic carbocycles. The number of piperazine rings is 1. The minimum Gasteiger partial charge on any atom is -0.311 e. The summed E-state index contributed by atoms with van der Waals surface area (Å²) in [6, 6.07) is 12.2. The van der Waals surface area contributed by atoms with Gasteiger partial charge in [0.25, 0.3) is 0 Å². The van der Waals surface area contributed by atoms with Crippen molar-refractivity contribution in [3.05, 3.63) is 35.9 Å². The third kappa shape index (κ3) is 3.07. The highest BCUT2D eigenvalue weighted by atomic mass is 15.3. The molecule has 1 aromatic rings. The van der Waals surface area contributed by atoms with Crippen LogP contribution >= 0.6 is 0 Å². The van der Waals surface area contributed by atoms with E-state index in [1.165, 1.54) is 24.8 Å². The molecule has 0 aromatic heterocycles. The molecule has 112 valence electrons. The van der Waals surface area contributed by atoms with Gasteiger partial charge in [-0.1, -0.05) is 50.6 Å². The Balaban J connectivity index is 2.26. The van der Waals surface area contributed by atoms with Crippen molar-refractivity contribution in [3.63, 3.8) is 0 Å². The van der Waals surface area contributed by atoms with Gasteiger partial charge in [-0.2, -0.15) is 0 Å². The fraction of sp³-hybridized carbons (Fsp3) is 0.667. The molecule has 1 N–H and O–H groups in total. The Kier molecular flexibility index (Phi) is 5.22. The third-order valence-electron chi connectivity index (χ3n) is 4.94. The number of rotatable bonds is 5. The van der Waals surface area contributed by atoms with Crippen molar-refractivity contribution in [3.8, 4) is 0 Å². The fourth-order valence-corrected chi connectivity index (χ4v) is 3.44. The Labute approximate surface area is 124 Å². The van der Waals surface area contributed by atoms with Crippen molar-refractivity contribution in [2.75, 3.05) is 13.1 Å². The predicted octanol–water partition coefficient (Wildman–Crippen LogP) is 3.77. The molecule has 0 radical (unpaired) electrons. The minimum absolute atomic E-state index is 0.112. The maximum atomic E-state index is 3.78. The van der Waals surface area contributed by atoms with Crippen LogP contribution < -0.4 is 5.32 Å². The maximum Gasteiger partial charge on any atom is 0.0560 e. The predicted molar refractivity (Wildman–Crippen MR) is 87.0 cm³/mol. The van der Waals surface area contributed by atoms with Crippen LogP contribution in [0.5, 0.6) is 0 Å². The number of hydrogen-bond acceptors (Lipinski definition) is 2. The molecule has 1 fully saturated rings. The van der Waals surface area contributed by atoms with Gasteiger partial charge in [0.05, 0.1) is 5.54 Å². The Hall–Kier alpha value is -0.860. The summed E-state index contributed by atoms with van der Waals surface area (Å²) in [6.07, 6.45) is 3.74. The van der Waals surface area contributed by atoms with Gasteiger partial charge in [0, 0.05) is 25.2 Å². The van der Waals surface area contributed by atoms with Crippen LogP contribution in [0.15, 0.2) is 30.3 Å². The molecule has 20 heavy (non-hydrogen) atoms. The summed E-state index contributed by atoms with van der Waals surface area (Å²) in [5, 5.41) is 3.78. The molecule has 1 aliphatic heterocycles. The summed E-state index contributed by atoms with van der Waals surface area (Å²) in [4.78, 5) is 2.72. The van der Waals surface area contributed by atoms with Gasteiger partial charge >= 0.3 is 0 Å². The first-order valence-electron chi connectivity index (χ1n) is 8.17. The monoisotopic (exact) mass is 274 g/mol. The molecule has 0 spiro atoms. The molecular weight excluding hydrogens is 244 g/mol. The van der Waals surface area contributed by atoms with Gasteiger partial charge in [0.1, 0.15) is 0 Å². The van der Waals surface area contributed by atoms with E-state index in [4.69, 9.17) is 0 Å². The average Bonchev–Trinajstić information content (AvgIpc) is 2.49. The van der Waals surface area contributed by atoms with Crippen molar-refractivity contribution in [2.24, 2.45) is 0 Å². The lowest BCUT2D eigenvalue weighted by Crippen LogP contribution is -2.63. The third-order valence-corrected chi connectivity index (χ3v) is 4.94. The second-order valence-corrected chi connectivity index (χ2v) is 6.42. The SMILES string of the molecule is CCCC1CN(C(C)CC)C(C)(c2ccccc2)CN1. The lowest BCUT2D eigenvalue weighted by Gasteiger charge is -2.51. The summed E-state index contributed by atoms with van der Waals surface area (Å²) in [6.45, 7) is 11.5. The zero-order valence-electron chi connectivity index (χ0n) is 13.5. The molecule has 0 bridgehead atoms. The second-order valence-electron chi connectivity index (χ2n) is 6.42. The van der Waals surface area contributed by atoms with Crippen LogP contribution in [0.2, 0.25) is 0 Å². The average molecular weight is 274 g/mol. The first kappa shape index (κ1) is 15.5. The fourth-order valence-electron chi connectivity index (χ4n) is 3.44. The smallest absolute Gasteiger partial charge is 0.0560 e. The number of hydrogen-bond donors (Lipinski definition) is 1. The molecular formula is C18H30N2. The summed E-state index contributed by atoms with van der Waals surface area (Å²) in [5.41, 5.74) is 1.55. The summed E-state index contributed by atoms with van der Waals surface area (Å²) >= 11 is 0. The van der Waals surface area contributed by atoms with Crippen LogP contribution in [0.1, 0.15) is 52.5 Å². The van der Waals surface area contributed by atoms with Crippen LogP contribution in [-0.4, -0.2) is 30.1 Å². The number of nitrogens with one attached hydrogen (secondary N) is 1. The lowest BCUT2D eigenvalue weighted by atomic mass is 9.85. The summed E-state index contributed by atoms with van der Waals surface area (Å²) < 4.78 is 0. The van der Waals surface area contributed by atoms with E-state index in [0.717, 1.165) is 13.1 Å². The molecule has 0 amide bonds. The zero-order chi connectivity index (χ0) is 14.6. The van der Waals surface area contributed by atoms with E-state index in [9.17, 15) is 0 Å². The van der Waals surface area contributed by atoms with Gasteiger partial charge in [-0.25, -0.2) is 0 Å². The first-order valence-corrected chi connectivity index (χ1v) is 8.17. The van der Waals surface area contributed by atoms with Gasteiger partial charge in [-0.05, 0) is 32.3 Å². The molecule has 0 aliphatic carbocycles. The van der Waals surface area contributed by atoms with E-state index in [2.05, 4.69) is 68.2 Å². The Morgan fingerprint density at radius 1 is 1.30 bits per heavy atom. The van der Waals surface area contributed by atoms with Crippen LogP contribution in [0.4, 0.5) is 0 Å². The van der Waals surface area contributed by atoms with Crippen molar-refractivity contribution in [1.29, 1.82) is 0 Å². The standard InChI is InChI=1S/C18H30N2/c1-5-10-17-13-20(15(3)6-2)18(4,14-19-17)16-11-8-7-9-12-16/h7-9,11-12,15,17,19H,5-6,10,13-14H2,1-4H3. The second kappa shape index (κ2) is 6.73. The highest BCUT2D eigenvalue weighted by Gasteiger charge is 2.40. The van der Waals surface area contributed by atoms with Crippen LogP contribution in [0.25, 0.3) is 0 Å². The van der Waals surface area contributed by atoms with Gasteiger partial charge in [-0.15, -0.1) is 0 Å². The summed E-state index contributed by atoms with van der Waals surface area (Å²) in [5.74, 6) is 0. The van der Waals surface area contributed by atoms with Gasteiger partial charge in [0.15, 0.2) is 0 Å². The largest absolute Gasteiger partial charge is 0.311 e. The molecule has 0 saturated carbocycles. The van der Waals surface area contributed by atoms with E-state index in [1.807, 2.05) is 0 Å². The molecule has 3 atom stereocenters. The quantitative estimate of drug-likeness (QED) is 0.879. The first-order chi connectivity index (χ1) is 9.61. The molecule has 1 heterocycles. The Bertz CT molecular complexity index is 403. The topological polar surface area (TPSA) is 15.3 Å².